The fourth-order valence-corrected chi connectivity index (χ4v) is 5.77. The van der Waals surface area contributed by atoms with Gasteiger partial charge in [0.25, 0.3) is 5.78 Å². The molecule has 3 heterocycles. The van der Waals surface area contributed by atoms with E-state index in [1.165, 1.54) is 19.1 Å². The van der Waals surface area contributed by atoms with Crippen LogP contribution in [-0.4, -0.2) is 61.8 Å². The number of aryl methyl sites for hydroxylation is 1. The summed E-state index contributed by atoms with van der Waals surface area (Å²) in [6.45, 7) is 4.88. The van der Waals surface area contributed by atoms with Gasteiger partial charge >= 0.3 is 11.9 Å². The second-order valence-corrected chi connectivity index (χ2v) is 10.5. The van der Waals surface area contributed by atoms with E-state index in [1.807, 2.05) is 0 Å². The van der Waals surface area contributed by atoms with Crippen LogP contribution in [0.5, 0.6) is 23.0 Å². The monoisotopic (exact) mass is 594 g/mol. The van der Waals surface area contributed by atoms with Crippen molar-refractivity contribution in [1.82, 2.24) is 4.98 Å². The van der Waals surface area contributed by atoms with Crippen molar-refractivity contribution in [3.05, 3.63) is 63.7 Å². The molecule has 2 aliphatic rings. The molecule has 11 nitrogen and oxygen atoms in total. The van der Waals surface area contributed by atoms with Crippen LogP contribution in [-0.2, 0) is 14.3 Å². The van der Waals surface area contributed by atoms with E-state index in [9.17, 15) is 19.5 Å². The smallest absolute Gasteiger partial charge is 0.350 e. The standard InChI is InChI=1S/C30H30N2O9S/c1-5-6-11-39-19-9-7-17(14-21(19)37-3)24-23(25(33)18-8-10-20-22(15-18)41-13-12-40-20)26(34)28(35)32(24)30-31-16(2)27(42-30)29(36)38-4/h7-10,14-15,24,33H,5-6,11-13H2,1-4H3/b25-23+. The summed E-state index contributed by atoms with van der Waals surface area (Å²) in [4.78, 5) is 45.4. The molecule has 12 heteroatoms. The normalized spacial score (nSPS) is 17.3. The number of hydrogen-bond donors (Lipinski definition) is 1. The number of carbonyl (C=O) groups is 3. The molecule has 2 aromatic carbocycles. The van der Waals surface area contributed by atoms with E-state index < -0.39 is 29.5 Å². The van der Waals surface area contributed by atoms with Crippen molar-refractivity contribution >= 4 is 39.9 Å². The van der Waals surface area contributed by atoms with Crippen LogP contribution in [0.15, 0.2) is 42.0 Å². The molecule has 0 saturated carbocycles. The van der Waals surface area contributed by atoms with Gasteiger partial charge in [-0.3, -0.25) is 14.5 Å². The highest BCUT2D eigenvalue weighted by Crippen LogP contribution is 2.46. The molecular formula is C30H30N2O9S. The molecule has 1 aromatic heterocycles. The maximum absolute atomic E-state index is 13.6. The van der Waals surface area contributed by atoms with Gasteiger partial charge in [-0.05, 0) is 49.2 Å². The Morgan fingerprint density at radius 2 is 1.86 bits per heavy atom. The predicted molar refractivity (Wildman–Crippen MR) is 154 cm³/mol. The molecule has 5 rings (SSSR count). The van der Waals surface area contributed by atoms with E-state index in [-0.39, 0.29) is 21.1 Å². The van der Waals surface area contributed by atoms with Gasteiger partial charge in [0.05, 0.1) is 38.1 Å². The summed E-state index contributed by atoms with van der Waals surface area (Å²) < 4.78 is 27.6. The van der Waals surface area contributed by atoms with E-state index in [2.05, 4.69) is 11.9 Å². The number of benzene rings is 2. The molecular weight excluding hydrogens is 564 g/mol. The van der Waals surface area contributed by atoms with Gasteiger partial charge in [0, 0.05) is 5.56 Å². The average molecular weight is 595 g/mol. The predicted octanol–water partition coefficient (Wildman–Crippen LogP) is 4.82. The highest BCUT2D eigenvalue weighted by atomic mass is 32.1. The number of fused-ring (bicyclic) bond motifs is 1. The number of nitrogens with zero attached hydrogens (tertiary/aromatic N) is 2. The van der Waals surface area contributed by atoms with Crippen molar-refractivity contribution in [2.45, 2.75) is 32.7 Å². The maximum Gasteiger partial charge on any atom is 0.350 e. The van der Waals surface area contributed by atoms with E-state index >= 15 is 0 Å². The SMILES string of the molecule is CCCCOc1ccc(C2/C(=C(\O)c3ccc4c(c3)OCCO4)C(=O)C(=O)N2c2nc(C)c(C(=O)OC)s2)cc1OC. The van der Waals surface area contributed by atoms with Gasteiger partial charge in [0.2, 0.25) is 0 Å². The lowest BCUT2D eigenvalue weighted by Crippen LogP contribution is -2.29. The minimum absolute atomic E-state index is 0.100. The zero-order valence-corrected chi connectivity index (χ0v) is 24.4. The first-order chi connectivity index (χ1) is 20.3. The molecule has 3 aromatic rings. The lowest BCUT2D eigenvalue weighted by molar-refractivity contribution is -0.132. The largest absolute Gasteiger partial charge is 0.507 e. The quantitative estimate of drug-likeness (QED) is 0.121. The third-order valence-electron chi connectivity index (χ3n) is 6.88. The maximum atomic E-state index is 13.6. The number of rotatable bonds is 9. The second kappa shape index (κ2) is 12.1. The number of hydrogen-bond acceptors (Lipinski definition) is 11. The summed E-state index contributed by atoms with van der Waals surface area (Å²) in [6, 6.07) is 8.72. The number of anilines is 1. The Balaban J connectivity index is 1.67. The first-order valence-corrected chi connectivity index (χ1v) is 14.2. The van der Waals surface area contributed by atoms with Crippen molar-refractivity contribution in [2.75, 3.05) is 38.9 Å². The number of aliphatic hydroxyl groups is 1. The summed E-state index contributed by atoms with van der Waals surface area (Å²) in [7, 11) is 2.74. The number of unbranched alkanes of at least 4 members (excludes halogenated alkanes) is 1. The number of aromatic nitrogens is 1. The van der Waals surface area contributed by atoms with Gasteiger partial charge < -0.3 is 28.8 Å². The fraction of sp³-hybridized carbons (Fsp3) is 0.333. The summed E-state index contributed by atoms with van der Waals surface area (Å²) in [6.07, 6.45) is 1.81. The minimum atomic E-state index is -1.10. The number of esters is 1. The molecule has 1 N–H and O–H groups in total. The summed E-state index contributed by atoms with van der Waals surface area (Å²) in [5, 5.41) is 11.7. The Labute approximate surface area is 246 Å². The molecule has 0 aliphatic carbocycles. The van der Waals surface area contributed by atoms with Crippen molar-refractivity contribution < 1.29 is 43.2 Å². The zero-order chi connectivity index (χ0) is 30.0. The van der Waals surface area contributed by atoms with Gasteiger partial charge in [0.15, 0.2) is 28.1 Å². The van der Waals surface area contributed by atoms with E-state index in [0.29, 0.717) is 54.1 Å². The summed E-state index contributed by atoms with van der Waals surface area (Å²) in [5.74, 6) is -1.04. The molecule has 2 aliphatic heterocycles. The lowest BCUT2D eigenvalue weighted by atomic mass is 9.95. The van der Waals surface area contributed by atoms with Crippen LogP contribution >= 0.6 is 11.3 Å². The lowest BCUT2D eigenvalue weighted by Gasteiger charge is -2.24. The van der Waals surface area contributed by atoms with Crippen LogP contribution in [0.2, 0.25) is 0 Å². The van der Waals surface area contributed by atoms with Crippen LogP contribution in [0.25, 0.3) is 5.76 Å². The molecule has 0 radical (unpaired) electrons. The Morgan fingerprint density at radius 1 is 1.10 bits per heavy atom. The van der Waals surface area contributed by atoms with Gasteiger partial charge in [-0.15, -0.1) is 0 Å². The Kier molecular flexibility index (Phi) is 8.34. The van der Waals surface area contributed by atoms with Crippen LogP contribution < -0.4 is 23.8 Å². The number of methoxy groups -OCH3 is 2. The van der Waals surface area contributed by atoms with Crippen molar-refractivity contribution in [1.29, 1.82) is 0 Å². The van der Waals surface area contributed by atoms with Crippen molar-refractivity contribution in [2.24, 2.45) is 0 Å². The highest BCUT2D eigenvalue weighted by Gasteiger charge is 2.48. The van der Waals surface area contributed by atoms with E-state index in [0.717, 1.165) is 24.2 Å². The van der Waals surface area contributed by atoms with Gasteiger partial charge in [-0.2, -0.15) is 0 Å². The molecule has 1 fully saturated rings. The van der Waals surface area contributed by atoms with Gasteiger partial charge in [-0.25, -0.2) is 9.78 Å². The summed E-state index contributed by atoms with van der Waals surface area (Å²) >= 11 is 0.919. The van der Waals surface area contributed by atoms with Crippen molar-refractivity contribution in [3.8, 4) is 23.0 Å². The van der Waals surface area contributed by atoms with Crippen LogP contribution in [0.4, 0.5) is 5.13 Å². The zero-order valence-electron chi connectivity index (χ0n) is 23.6. The second-order valence-electron chi connectivity index (χ2n) is 9.54. The molecule has 1 atom stereocenters. The molecule has 1 saturated heterocycles. The first kappa shape index (κ1) is 28.9. The number of Topliss-reactive ketones (excluding diaryl/α,β-unsaturated/α-hetero) is 1. The third-order valence-corrected chi connectivity index (χ3v) is 8.02. The number of thiazole rings is 1. The average Bonchev–Trinajstić information content (AvgIpc) is 3.52. The molecule has 220 valence electrons. The number of ketones is 1. The number of aliphatic hydroxyl groups excluding tert-OH is 1. The first-order valence-electron chi connectivity index (χ1n) is 13.4. The number of amides is 1. The Bertz CT molecular complexity index is 1580. The van der Waals surface area contributed by atoms with Gasteiger partial charge in [-0.1, -0.05) is 30.7 Å². The molecule has 0 bridgehead atoms. The van der Waals surface area contributed by atoms with Gasteiger partial charge in [0.1, 0.15) is 23.9 Å². The third kappa shape index (κ3) is 5.25. The summed E-state index contributed by atoms with van der Waals surface area (Å²) in [5.41, 5.74) is 0.900. The van der Waals surface area contributed by atoms with Crippen LogP contribution in [0.1, 0.15) is 52.3 Å². The topological polar surface area (TPSA) is 134 Å². The van der Waals surface area contributed by atoms with E-state index in [1.54, 1.807) is 43.3 Å². The van der Waals surface area contributed by atoms with Crippen LogP contribution in [0.3, 0.4) is 0 Å². The number of carbonyl (C=O) groups excluding carboxylic acids is 3. The number of ether oxygens (including phenoxy) is 5. The molecule has 1 amide bonds. The molecule has 42 heavy (non-hydrogen) atoms. The van der Waals surface area contributed by atoms with E-state index in [4.69, 9.17) is 23.7 Å². The Hall–Kier alpha value is -4.58. The Morgan fingerprint density at radius 3 is 2.57 bits per heavy atom. The van der Waals surface area contributed by atoms with Crippen LogP contribution in [0, 0.1) is 6.92 Å². The minimum Gasteiger partial charge on any atom is -0.507 e. The highest BCUT2D eigenvalue weighted by molar-refractivity contribution is 7.17. The molecule has 1 unspecified atom stereocenters. The fourth-order valence-electron chi connectivity index (χ4n) is 4.76. The molecule has 0 spiro atoms. The van der Waals surface area contributed by atoms with Crippen molar-refractivity contribution in [3.63, 3.8) is 0 Å².